The van der Waals surface area contributed by atoms with Crippen molar-refractivity contribution < 1.29 is 28.0 Å². The SMILES string of the molecule is C[C@@H]1CN(CCNc2cc(N3CCC4(CC3)CN(c3cc(F)c(CN5CCC(C)(C)CC5)cc3F)CC(=O)N4)ncn2)C[C@@H]1CN(C)CCNc1ccc2c(c1)CN(C1CCC(=O)NC1=O)C2=O. The number of fused-ring (bicyclic) bond motifs is 1. The molecule has 3 atom stereocenters. The van der Waals surface area contributed by atoms with Crippen LogP contribution in [0.5, 0.6) is 0 Å². The molecule has 0 aliphatic carbocycles. The van der Waals surface area contributed by atoms with Crippen LogP contribution in [0.15, 0.2) is 42.7 Å². The average molecular weight is 939 g/mol. The van der Waals surface area contributed by atoms with Crippen molar-refractivity contribution in [3.8, 4) is 0 Å². The number of likely N-dealkylation sites (tertiary alicyclic amines) is 2. The second kappa shape index (κ2) is 19.9. The zero-order valence-corrected chi connectivity index (χ0v) is 40.1. The lowest BCUT2D eigenvalue weighted by molar-refractivity contribution is -0.137. The van der Waals surface area contributed by atoms with Crippen LogP contribution < -0.4 is 31.1 Å². The van der Waals surface area contributed by atoms with Crippen LogP contribution in [-0.2, 0) is 27.5 Å². The molecule has 6 aliphatic heterocycles. The van der Waals surface area contributed by atoms with Crippen molar-refractivity contribution in [3.05, 3.63) is 71.1 Å². The number of likely N-dealkylation sites (N-methyl/N-ethyl adjacent to an activating group) is 1. The van der Waals surface area contributed by atoms with E-state index in [0.29, 0.717) is 74.9 Å². The highest BCUT2D eigenvalue weighted by molar-refractivity contribution is 6.05. The minimum absolute atomic E-state index is 0.0168. The Morgan fingerprint density at radius 3 is 2.43 bits per heavy atom. The number of piperidine rings is 3. The average Bonchev–Trinajstić information content (AvgIpc) is 3.81. The molecule has 68 heavy (non-hydrogen) atoms. The maximum atomic E-state index is 15.7. The molecule has 0 radical (unpaired) electrons. The van der Waals surface area contributed by atoms with Crippen LogP contribution in [0, 0.1) is 28.9 Å². The zero-order chi connectivity index (χ0) is 47.7. The van der Waals surface area contributed by atoms with Crippen LogP contribution in [-0.4, -0.2) is 157 Å². The molecule has 5 fully saturated rings. The van der Waals surface area contributed by atoms with Gasteiger partial charge in [0.25, 0.3) is 5.91 Å². The van der Waals surface area contributed by atoms with Gasteiger partial charge < -0.3 is 40.4 Å². The molecular weight excluding hydrogens is 871 g/mol. The van der Waals surface area contributed by atoms with Gasteiger partial charge in [0.2, 0.25) is 17.7 Å². The summed E-state index contributed by atoms with van der Waals surface area (Å²) in [5.41, 5.74) is 2.65. The summed E-state index contributed by atoms with van der Waals surface area (Å²) in [4.78, 5) is 71.9. The van der Waals surface area contributed by atoms with Crippen molar-refractivity contribution in [1.29, 1.82) is 0 Å². The molecule has 0 saturated carbocycles. The number of anilines is 4. The van der Waals surface area contributed by atoms with E-state index in [1.807, 2.05) is 24.3 Å². The number of carbonyl (C=O) groups is 4. The Bertz CT molecular complexity index is 2370. The smallest absolute Gasteiger partial charge is 0.255 e. The number of piperazine rings is 1. The summed E-state index contributed by atoms with van der Waals surface area (Å²) >= 11 is 0. The summed E-state index contributed by atoms with van der Waals surface area (Å²) in [6.07, 6.45) is 5.50. The van der Waals surface area contributed by atoms with E-state index in [1.165, 1.54) is 12.1 Å². The van der Waals surface area contributed by atoms with Gasteiger partial charge in [0, 0.05) is 114 Å². The standard InChI is InChI=1S/C50H68F2N12O4/c1-33-25-61(28-36(33)26-59(4)19-13-53-37-5-6-38-34(21-37)29-64(48(38)68)41-7-8-45(65)57-47(41)67)20-14-54-43-24-44(56-32-55-43)62-17-11-50(12-18-62)31-63(30-46(66)58-50)42-23-39(51)35(22-40(42)52)27-60-15-9-49(2,3)10-16-60/h5-6,21-24,32-33,36,41,53H,7-20,25-31H2,1-4H3,(H,58,66)(H,54,55,56)(H,57,65,67)/t33-,36+,41?/m1/s1. The van der Waals surface area contributed by atoms with Crippen molar-refractivity contribution in [3.63, 3.8) is 0 Å². The third-order valence-electron chi connectivity index (χ3n) is 15.5. The molecule has 1 spiro atoms. The molecule has 0 bridgehead atoms. The highest BCUT2D eigenvalue weighted by Crippen LogP contribution is 2.35. The number of hydrogen-bond acceptors (Lipinski definition) is 13. The van der Waals surface area contributed by atoms with E-state index in [-0.39, 0.29) is 41.8 Å². The van der Waals surface area contributed by atoms with Gasteiger partial charge in [0.15, 0.2) is 0 Å². The number of nitrogens with zero attached hydrogens (tertiary/aromatic N) is 8. The fraction of sp³-hybridized carbons (Fsp3) is 0.600. The van der Waals surface area contributed by atoms with E-state index in [9.17, 15) is 19.2 Å². The Balaban J connectivity index is 0.696. The molecular formula is C50H68F2N12O4. The summed E-state index contributed by atoms with van der Waals surface area (Å²) in [5, 5.41) is 12.6. The Morgan fingerprint density at radius 2 is 1.65 bits per heavy atom. The van der Waals surface area contributed by atoms with Crippen LogP contribution in [0.25, 0.3) is 0 Å². The lowest BCUT2D eigenvalue weighted by atomic mass is 9.82. The van der Waals surface area contributed by atoms with Crippen LogP contribution in [0.2, 0.25) is 0 Å². The largest absolute Gasteiger partial charge is 0.384 e. The molecule has 5 saturated heterocycles. The highest BCUT2D eigenvalue weighted by Gasteiger charge is 2.43. The van der Waals surface area contributed by atoms with E-state index in [0.717, 1.165) is 94.6 Å². The Morgan fingerprint density at radius 1 is 0.853 bits per heavy atom. The fourth-order valence-corrected chi connectivity index (χ4v) is 11.2. The molecule has 16 nitrogen and oxygen atoms in total. The second-order valence-electron chi connectivity index (χ2n) is 21.2. The predicted molar refractivity (Wildman–Crippen MR) is 257 cm³/mol. The van der Waals surface area contributed by atoms with Gasteiger partial charge in [-0.2, -0.15) is 0 Å². The first-order chi connectivity index (χ1) is 32.6. The third kappa shape index (κ3) is 10.9. The molecule has 4 amide bonds. The van der Waals surface area contributed by atoms with Crippen molar-refractivity contribution in [1.82, 2.24) is 40.2 Å². The minimum atomic E-state index is -0.621. The first-order valence-electron chi connectivity index (χ1n) is 24.6. The molecule has 7 heterocycles. The normalized spacial score (nSPS) is 24.2. The van der Waals surface area contributed by atoms with Crippen molar-refractivity contribution in [2.45, 2.75) is 84.0 Å². The Kier molecular flexibility index (Phi) is 13.9. The van der Waals surface area contributed by atoms with Crippen LogP contribution in [0.3, 0.4) is 0 Å². The van der Waals surface area contributed by atoms with Gasteiger partial charge in [-0.05, 0) is 99.3 Å². The van der Waals surface area contributed by atoms with Gasteiger partial charge >= 0.3 is 0 Å². The van der Waals surface area contributed by atoms with Gasteiger partial charge in [-0.1, -0.05) is 20.8 Å². The number of carbonyl (C=O) groups excluding carboxylic acids is 4. The van der Waals surface area contributed by atoms with Crippen molar-refractivity contribution in [2.24, 2.45) is 17.3 Å². The molecule has 4 N–H and O–H groups in total. The molecule has 9 rings (SSSR count). The van der Waals surface area contributed by atoms with Gasteiger partial charge in [0.05, 0.1) is 17.8 Å². The topological polar surface area (TPSA) is 162 Å². The third-order valence-corrected chi connectivity index (χ3v) is 15.5. The number of hydrogen-bond donors (Lipinski definition) is 4. The van der Waals surface area contributed by atoms with Gasteiger partial charge in [-0.25, -0.2) is 18.7 Å². The van der Waals surface area contributed by atoms with Crippen molar-refractivity contribution >= 4 is 46.6 Å². The van der Waals surface area contributed by atoms with Crippen LogP contribution in [0.1, 0.15) is 80.8 Å². The monoisotopic (exact) mass is 939 g/mol. The number of imide groups is 1. The van der Waals surface area contributed by atoms with E-state index in [4.69, 9.17) is 0 Å². The summed E-state index contributed by atoms with van der Waals surface area (Å²) in [6.45, 7) is 17.2. The predicted octanol–water partition coefficient (Wildman–Crippen LogP) is 4.14. The molecule has 1 unspecified atom stereocenters. The number of benzene rings is 2. The van der Waals surface area contributed by atoms with Gasteiger partial charge in [0.1, 0.15) is 35.6 Å². The summed E-state index contributed by atoms with van der Waals surface area (Å²) in [6, 6.07) is 9.70. The quantitative estimate of drug-likeness (QED) is 0.161. The minimum Gasteiger partial charge on any atom is -0.384 e. The van der Waals surface area contributed by atoms with Crippen LogP contribution >= 0.6 is 0 Å². The Labute approximate surface area is 398 Å². The van der Waals surface area contributed by atoms with E-state index >= 15 is 8.78 Å². The molecule has 6 aliphatic rings. The lowest BCUT2D eigenvalue weighted by Gasteiger charge is -2.48. The van der Waals surface area contributed by atoms with Crippen LogP contribution in [0.4, 0.5) is 31.8 Å². The van der Waals surface area contributed by atoms with Gasteiger partial charge in [-0.15, -0.1) is 0 Å². The maximum Gasteiger partial charge on any atom is 0.255 e. The molecule has 2 aromatic carbocycles. The number of amides is 4. The van der Waals surface area contributed by atoms with Crippen molar-refractivity contribution in [2.75, 3.05) is 113 Å². The number of halogens is 2. The molecule has 1 aromatic heterocycles. The number of nitrogens with one attached hydrogen (secondary N) is 4. The number of aromatic nitrogens is 2. The lowest BCUT2D eigenvalue weighted by Crippen LogP contribution is -2.66. The molecule has 18 heteroatoms. The Hall–Kier alpha value is -5.46. The number of rotatable bonds is 15. The second-order valence-corrected chi connectivity index (χ2v) is 21.2. The summed E-state index contributed by atoms with van der Waals surface area (Å²) in [5.74, 6) is 0.702. The van der Waals surface area contributed by atoms with E-state index < -0.39 is 29.1 Å². The van der Waals surface area contributed by atoms with Gasteiger partial charge in [-0.3, -0.25) is 29.4 Å². The highest BCUT2D eigenvalue weighted by atomic mass is 19.1. The summed E-state index contributed by atoms with van der Waals surface area (Å²) < 4.78 is 31.2. The first-order valence-corrected chi connectivity index (χ1v) is 24.6. The molecule has 3 aromatic rings. The van der Waals surface area contributed by atoms with E-state index in [2.05, 4.69) is 78.7 Å². The zero-order valence-electron chi connectivity index (χ0n) is 40.1. The first kappa shape index (κ1) is 47.6. The fourth-order valence-electron chi connectivity index (χ4n) is 11.2. The summed E-state index contributed by atoms with van der Waals surface area (Å²) in [7, 11) is 2.16. The maximum absolute atomic E-state index is 15.7. The molecule has 366 valence electrons. The van der Waals surface area contributed by atoms with E-state index in [1.54, 1.807) is 16.1 Å².